The van der Waals surface area contributed by atoms with E-state index in [1.165, 1.54) is 5.56 Å². The molecule has 1 amide bonds. The first-order valence-corrected chi connectivity index (χ1v) is 8.14. The maximum Gasteiger partial charge on any atom is 0.258 e. The standard InChI is InChI=1S/C18H15N3OS/c22-17(21-15-8-11-19-12-9-15)16-7-4-10-20-18(16)23-13-14-5-2-1-3-6-14/h1-12H,13H2,(H,19,21,22). The molecule has 0 unspecified atom stereocenters. The molecule has 0 fully saturated rings. The Morgan fingerprint density at radius 1 is 0.957 bits per heavy atom. The molecule has 0 saturated heterocycles. The fourth-order valence-corrected chi connectivity index (χ4v) is 2.99. The van der Waals surface area contributed by atoms with Crippen molar-refractivity contribution in [1.82, 2.24) is 9.97 Å². The highest BCUT2D eigenvalue weighted by atomic mass is 32.2. The molecule has 2 aromatic heterocycles. The highest BCUT2D eigenvalue weighted by Crippen LogP contribution is 2.24. The molecule has 3 aromatic rings. The number of rotatable bonds is 5. The molecule has 0 bridgehead atoms. The summed E-state index contributed by atoms with van der Waals surface area (Å²) in [5.74, 6) is 0.604. The van der Waals surface area contributed by atoms with Crippen molar-refractivity contribution in [1.29, 1.82) is 0 Å². The Morgan fingerprint density at radius 2 is 1.74 bits per heavy atom. The summed E-state index contributed by atoms with van der Waals surface area (Å²) in [5, 5.41) is 3.59. The van der Waals surface area contributed by atoms with Crippen LogP contribution in [0.25, 0.3) is 0 Å². The van der Waals surface area contributed by atoms with Crippen molar-refractivity contribution in [2.75, 3.05) is 5.32 Å². The van der Waals surface area contributed by atoms with Gasteiger partial charge >= 0.3 is 0 Å². The van der Waals surface area contributed by atoms with E-state index < -0.39 is 0 Å². The lowest BCUT2D eigenvalue weighted by molar-refractivity contribution is 0.102. The van der Waals surface area contributed by atoms with Gasteiger partial charge in [-0.1, -0.05) is 30.3 Å². The number of benzene rings is 1. The quantitative estimate of drug-likeness (QED) is 0.721. The molecular weight excluding hydrogens is 306 g/mol. The largest absolute Gasteiger partial charge is 0.322 e. The van der Waals surface area contributed by atoms with Crippen LogP contribution in [0.2, 0.25) is 0 Å². The lowest BCUT2D eigenvalue weighted by atomic mass is 10.2. The van der Waals surface area contributed by atoms with Gasteiger partial charge in [0.15, 0.2) is 0 Å². The fraction of sp³-hybridized carbons (Fsp3) is 0.0556. The van der Waals surface area contributed by atoms with E-state index in [0.29, 0.717) is 11.3 Å². The van der Waals surface area contributed by atoms with Gasteiger partial charge in [-0.25, -0.2) is 4.98 Å². The maximum atomic E-state index is 12.5. The zero-order chi connectivity index (χ0) is 15.9. The number of aromatic nitrogens is 2. The molecule has 5 heteroatoms. The van der Waals surface area contributed by atoms with Crippen LogP contribution in [-0.4, -0.2) is 15.9 Å². The van der Waals surface area contributed by atoms with Crippen LogP contribution in [0.15, 0.2) is 78.2 Å². The predicted molar refractivity (Wildman–Crippen MR) is 92.4 cm³/mol. The molecule has 1 N–H and O–H groups in total. The van der Waals surface area contributed by atoms with E-state index in [0.717, 1.165) is 10.8 Å². The fourth-order valence-electron chi connectivity index (χ4n) is 2.04. The monoisotopic (exact) mass is 321 g/mol. The van der Waals surface area contributed by atoms with Gasteiger partial charge in [-0.15, -0.1) is 11.8 Å². The van der Waals surface area contributed by atoms with Crippen LogP contribution < -0.4 is 5.32 Å². The number of anilines is 1. The van der Waals surface area contributed by atoms with Crippen LogP contribution in [0.1, 0.15) is 15.9 Å². The molecule has 114 valence electrons. The minimum Gasteiger partial charge on any atom is -0.322 e. The van der Waals surface area contributed by atoms with Crippen molar-refractivity contribution < 1.29 is 4.79 Å². The van der Waals surface area contributed by atoms with E-state index >= 15 is 0 Å². The van der Waals surface area contributed by atoms with E-state index in [1.807, 2.05) is 18.2 Å². The van der Waals surface area contributed by atoms with Gasteiger partial charge in [0, 0.05) is 30.0 Å². The molecule has 2 heterocycles. The number of pyridine rings is 2. The Kier molecular flexibility index (Phi) is 5.01. The van der Waals surface area contributed by atoms with Gasteiger partial charge in [0.2, 0.25) is 0 Å². The summed E-state index contributed by atoms with van der Waals surface area (Å²) in [6.45, 7) is 0. The van der Waals surface area contributed by atoms with Crippen LogP contribution in [0.4, 0.5) is 5.69 Å². The molecule has 0 aliphatic rings. The number of nitrogens with zero attached hydrogens (tertiary/aromatic N) is 2. The minimum absolute atomic E-state index is 0.167. The third kappa shape index (κ3) is 4.17. The van der Waals surface area contributed by atoms with Crippen LogP contribution >= 0.6 is 11.8 Å². The van der Waals surface area contributed by atoms with Gasteiger partial charge in [0.25, 0.3) is 5.91 Å². The van der Waals surface area contributed by atoms with Gasteiger partial charge in [-0.2, -0.15) is 0 Å². The second-order valence-corrected chi connectivity index (χ2v) is 5.78. The molecular formula is C18H15N3OS. The second kappa shape index (κ2) is 7.56. The summed E-state index contributed by atoms with van der Waals surface area (Å²) in [5.41, 5.74) is 2.49. The second-order valence-electron chi connectivity index (χ2n) is 4.82. The van der Waals surface area contributed by atoms with E-state index in [1.54, 1.807) is 54.6 Å². The maximum absolute atomic E-state index is 12.5. The number of hydrogen-bond acceptors (Lipinski definition) is 4. The van der Waals surface area contributed by atoms with Gasteiger partial charge in [0.1, 0.15) is 5.03 Å². The van der Waals surface area contributed by atoms with Crippen molar-refractivity contribution in [3.05, 3.63) is 84.3 Å². The van der Waals surface area contributed by atoms with Crippen LogP contribution in [0.3, 0.4) is 0 Å². The number of carbonyl (C=O) groups excluding carboxylic acids is 1. The topological polar surface area (TPSA) is 54.9 Å². The first-order chi connectivity index (χ1) is 11.3. The van der Waals surface area contributed by atoms with Crippen molar-refractivity contribution >= 4 is 23.4 Å². The van der Waals surface area contributed by atoms with E-state index in [-0.39, 0.29) is 5.91 Å². The predicted octanol–water partition coefficient (Wildman–Crippen LogP) is 4.02. The Hall–Kier alpha value is -2.66. The summed E-state index contributed by atoms with van der Waals surface area (Å²) in [6.07, 6.45) is 4.99. The number of thioether (sulfide) groups is 1. The Bertz CT molecular complexity index is 779. The third-order valence-corrected chi connectivity index (χ3v) is 4.25. The summed E-state index contributed by atoms with van der Waals surface area (Å²) in [6, 6.07) is 17.2. The Balaban J connectivity index is 1.73. The molecule has 0 aliphatic carbocycles. The molecule has 0 aliphatic heterocycles. The molecule has 4 nitrogen and oxygen atoms in total. The average Bonchev–Trinajstić information content (AvgIpc) is 2.62. The number of amides is 1. The molecule has 0 atom stereocenters. The van der Waals surface area contributed by atoms with Gasteiger partial charge in [0.05, 0.1) is 5.56 Å². The van der Waals surface area contributed by atoms with Crippen molar-refractivity contribution in [2.24, 2.45) is 0 Å². The number of hydrogen-bond donors (Lipinski definition) is 1. The SMILES string of the molecule is O=C(Nc1ccncc1)c1cccnc1SCc1ccccc1. The zero-order valence-corrected chi connectivity index (χ0v) is 13.2. The van der Waals surface area contributed by atoms with Crippen LogP contribution in [-0.2, 0) is 5.75 Å². The minimum atomic E-state index is -0.167. The highest BCUT2D eigenvalue weighted by Gasteiger charge is 2.13. The molecule has 0 radical (unpaired) electrons. The molecule has 0 saturated carbocycles. The zero-order valence-electron chi connectivity index (χ0n) is 12.3. The summed E-state index contributed by atoms with van der Waals surface area (Å²) in [4.78, 5) is 20.7. The first-order valence-electron chi connectivity index (χ1n) is 7.16. The van der Waals surface area contributed by atoms with Crippen molar-refractivity contribution in [3.63, 3.8) is 0 Å². The first kappa shape index (κ1) is 15.2. The lowest BCUT2D eigenvalue weighted by Crippen LogP contribution is -2.13. The molecule has 1 aromatic carbocycles. The van der Waals surface area contributed by atoms with E-state index in [4.69, 9.17) is 0 Å². The number of nitrogens with one attached hydrogen (secondary N) is 1. The molecule has 3 rings (SSSR count). The summed E-state index contributed by atoms with van der Waals surface area (Å²) >= 11 is 1.55. The Labute approximate surface area is 139 Å². The highest BCUT2D eigenvalue weighted by molar-refractivity contribution is 7.98. The Morgan fingerprint density at radius 3 is 2.52 bits per heavy atom. The van der Waals surface area contributed by atoms with E-state index in [2.05, 4.69) is 27.4 Å². The average molecular weight is 321 g/mol. The molecule has 23 heavy (non-hydrogen) atoms. The normalized spacial score (nSPS) is 10.3. The van der Waals surface area contributed by atoms with Crippen molar-refractivity contribution in [3.8, 4) is 0 Å². The van der Waals surface area contributed by atoms with E-state index in [9.17, 15) is 4.79 Å². The number of carbonyl (C=O) groups is 1. The van der Waals surface area contributed by atoms with Crippen LogP contribution in [0, 0.1) is 0 Å². The smallest absolute Gasteiger partial charge is 0.258 e. The molecule has 0 spiro atoms. The third-order valence-electron chi connectivity index (χ3n) is 3.17. The van der Waals surface area contributed by atoms with Gasteiger partial charge in [-0.05, 0) is 29.8 Å². The summed E-state index contributed by atoms with van der Waals surface area (Å²) in [7, 11) is 0. The van der Waals surface area contributed by atoms with Gasteiger partial charge in [-0.3, -0.25) is 9.78 Å². The van der Waals surface area contributed by atoms with Crippen molar-refractivity contribution in [2.45, 2.75) is 10.8 Å². The van der Waals surface area contributed by atoms with Crippen LogP contribution in [0.5, 0.6) is 0 Å². The summed E-state index contributed by atoms with van der Waals surface area (Å²) < 4.78 is 0. The van der Waals surface area contributed by atoms with Gasteiger partial charge < -0.3 is 5.32 Å². The lowest BCUT2D eigenvalue weighted by Gasteiger charge is -2.09.